The van der Waals surface area contributed by atoms with E-state index in [-0.39, 0.29) is 5.91 Å². The van der Waals surface area contributed by atoms with Crippen LogP contribution in [-0.2, 0) is 16.1 Å². The van der Waals surface area contributed by atoms with Crippen molar-refractivity contribution < 1.29 is 9.53 Å². The molecule has 106 valence electrons. The zero-order valence-electron chi connectivity index (χ0n) is 11.6. The number of hydrogen-bond donors (Lipinski definition) is 0. The van der Waals surface area contributed by atoms with E-state index in [9.17, 15) is 4.79 Å². The van der Waals surface area contributed by atoms with Crippen LogP contribution >= 0.6 is 0 Å². The first-order chi connectivity index (χ1) is 9.25. The summed E-state index contributed by atoms with van der Waals surface area (Å²) in [6.45, 7) is 2.53. The number of carbonyl (C=O) groups excluding carboxylic acids is 1. The van der Waals surface area contributed by atoms with E-state index in [1.807, 2.05) is 22.7 Å². The molecule has 0 bridgehead atoms. The zero-order chi connectivity index (χ0) is 13.5. The minimum absolute atomic E-state index is 0.220. The molecule has 0 aliphatic carbocycles. The molecule has 1 aliphatic rings. The summed E-state index contributed by atoms with van der Waals surface area (Å²) in [6, 6.07) is 0. The highest BCUT2D eigenvalue weighted by atomic mass is 16.5. The van der Waals surface area contributed by atoms with E-state index in [1.165, 1.54) is 0 Å². The fourth-order valence-electron chi connectivity index (χ4n) is 2.36. The Labute approximate surface area is 114 Å². The van der Waals surface area contributed by atoms with E-state index in [1.54, 1.807) is 12.5 Å². The maximum Gasteiger partial charge on any atom is 0.222 e. The lowest BCUT2D eigenvalue weighted by molar-refractivity contribution is -0.130. The standard InChI is InChI=1S/C14H23N3O2/c1-16(9-6-13-4-3-11-19-13)14(18)5-2-8-17-10-7-15-12-17/h7,10,12-13H,2-6,8-9,11H2,1H3/t13-/m0/s1. The molecule has 0 N–H and O–H groups in total. The molecule has 1 amide bonds. The molecular formula is C14H23N3O2. The molecule has 1 aliphatic heterocycles. The molecule has 1 aromatic rings. The van der Waals surface area contributed by atoms with Gasteiger partial charge in [0.25, 0.3) is 0 Å². The van der Waals surface area contributed by atoms with Crippen LogP contribution in [0.25, 0.3) is 0 Å². The summed E-state index contributed by atoms with van der Waals surface area (Å²) in [5, 5.41) is 0. The van der Waals surface area contributed by atoms with Crippen molar-refractivity contribution in [1.82, 2.24) is 14.5 Å². The van der Waals surface area contributed by atoms with Crippen molar-refractivity contribution in [2.24, 2.45) is 0 Å². The van der Waals surface area contributed by atoms with Crippen LogP contribution < -0.4 is 0 Å². The molecule has 5 heteroatoms. The third kappa shape index (κ3) is 4.67. The smallest absolute Gasteiger partial charge is 0.222 e. The summed E-state index contributed by atoms with van der Waals surface area (Å²) in [5.41, 5.74) is 0. The molecule has 1 aromatic heterocycles. The first-order valence-electron chi connectivity index (χ1n) is 7.07. The van der Waals surface area contributed by atoms with Crippen molar-refractivity contribution in [3.8, 4) is 0 Å². The van der Waals surface area contributed by atoms with Crippen LogP contribution in [0.15, 0.2) is 18.7 Å². The highest BCUT2D eigenvalue weighted by Crippen LogP contribution is 2.15. The Morgan fingerprint density at radius 3 is 3.16 bits per heavy atom. The molecule has 19 heavy (non-hydrogen) atoms. The molecule has 0 unspecified atom stereocenters. The monoisotopic (exact) mass is 265 g/mol. The third-order valence-corrected chi connectivity index (χ3v) is 3.60. The van der Waals surface area contributed by atoms with Gasteiger partial charge in [-0.2, -0.15) is 0 Å². The number of aryl methyl sites for hydroxylation is 1. The molecule has 0 saturated carbocycles. The Bertz CT molecular complexity index is 372. The lowest BCUT2D eigenvalue weighted by Crippen LogP contribution is -2.29. The van der Waals surface area contributed by atoms with Crippen LogP contribution in [0.3, 0.4) is 0 Å². The lowest BCUT2D eigenvalue weighted by Gasteiger charge is -2.19. The zero-order valence-corrected chi connectivity index (χ0v) is 11.6. The van der Waals surface area contributed by atoms with Gasteiger partial charge in [0.15, 0.2) is 0 Å². The lowest BCUT2D eigenvalue weighted by atomic mass is 10.1. The third-order valence-electron chi connectivity index (χ3n) is 3.60. The molecule has 1 fully saturated rings. The average molecular weight is 265 g/mol. The number of aromatic nitrogens is 2. The van der Waals surface area contributed by atoms with Crippen LogP contribution in [0.4, 0.5) is 0 Å². The predicted molar refractivity (Wildman–Crippen MR) is 72.7 cm³/mol. The summed E-state index contributed by atoms with van der Waals surface area (Å²) in [5.74, 6) is 0.220. The van der Waals surface area contributed by atoms with Crippen LogP contribution in [0, 0.1) is 0 Å². The van der Waals surface area contributed by atoms with E-state index in [0.717, 1.165) is 45.4 Å². The Balaban J connectivity index is 1.58. The van der Waals surface area contributed by atoms with Gasteiger partial charge in [0.2, 0.25) is 5.91 Å². The maximum atomic E-state index is 11.9. The largest absolute Gasteiger partial charge is 0.378 e. The topological polar surface area (TPSA) is 47.4 Å². The highest BCUT2D eigenvalue weighted by Gasteiger charge is 2.17. The molecule has 0 radical (unpaired) electrons. The fourth-order valence-corrected chi connectivity index (χ4v) is 2.36. The van der Waals surface area contributed by atoms with Crippen molar-refractivity contribution >= 4 is 5.91 Å². The van der Waals surface area contributed by atoms with Crippen LogP contribution in [0.1, 0.15) is 32.1 Å². The van der Waals surface area contributed by atoms with E-state index >= 15 is 0 Å². The van der Waals surface area contributed by atoms with Gasteiger partial charge in [-0.3, -0.25) is 4.79 Å². The van der Waals surface area contributed by atoms with Gasteiger partial charge in [-0.05, 0) is 25.7 Å². The van der Waals surface area contributed by atoms with Crippen molar-refractivity contribution in [3.05, 3.63) is 18.7 Å². The molecule has 1 atom stereocenters. The number of ether oxygens (including phenoxy) is 1. The second kappa shape index (κ2) is 7.28. The van der Waals surface area contributed by atoms with E-state index < -0.39 is 0 Å². The van der Waals surface area contributed by atoms with Gasteiger partial charge in [-0.1, -0.05) is 0 Å². The average Bonchev–Trinajstić information content (AvgIpc) is 3.08. The molecule has 5 nitrogen and oxygen atoms in total. The van der Waals surface area contributed by atoms with Gasteiger partial charge in [-0.25, -0.2) is 4.98 Å². The first kappa shape index (κ1) is 14.1. The normalized spacial score (nSPS) is 18.7. The summed E-state index contributed by atoms with van der Waals surface area (Å²) < 4.78 is 7.56. The summed E-state index contributed by atoms with van der Waals surface area (Å²) >= 11 is 0. The van der Waals surface area contributed by atoms with Gasteiger partial charge in [-0.15, -0.1) is 0 Å². The molecule has 1 saturated heterocycles. The Morgan fingerprint density at radius 1 is 1.58 bits per heavy atom. The second-order valence-corrected chi connectivity index (χ2v) is 5.14. The number of hydrogen-bond acceptors (Lipinski definition) is 3. The highest BCUT2D eigenvalue weighted by molar-refractivity contribution is 5.75. The summed E-state index contributed by atoms with van der Waals surface area (Å²) in [4.78, 5) is 17.7. The van der Waals surface area contributed by atoms with E-state index in [0.29, 0.717) is 12.5 Å². The van der Waals surface area contributed by atoms with Crippen LogP contribution in [0.2, 0.25) is 0 Å². The minimum atomic E-state index is 0.220. The van der Waals surface area contributed by atoms with Gasteiger partial charge in [0, 0.05) is 45.6 Å². The van der Waals surface area contributed by atoms with Crippen molar-refractivity contribution in [2.45, 2.75) is 44.8 Å². The predicted octanol–water partition coefficient (Wildman–Crippen LogP) is 1.69. The quantitative estimate of drug-likeness (QED) is 0.753. The minimum Gasteiger partial charge on any atom is -0.378 e. The number of amides is 1. The van der Waals surface area contributed by atoms with E-state index in [2.05, 4.69) is 4.98 Å². The Kier molecular flexibility index (Phi) is 5.39. The number of carbonyl (C=O) groups is 1. The fraction of sp³-hybridized carbons (Fsp3) is 0.714. The van der Waals surface area contributed by atoms with Gasteiger partial charge >= 0.3 is 0 Å². The molecule has 2 heterocycles. The SMILES string of the molecule is CN(CC[C@@H]1CCCO1)C(=O)CCCn1ccnc1. The Hall–Kier alpha value is -1.36. The molecule has 0 aromatic carbocycles. The van der Waals surface area contributed by atoms with Gasteiger partial charge in [0.05, 0.1) is 12.4 Å². The van der Waals surface area contributed by atoms with E-state index in [4.69, 9.17) is 4.74 Å². The summed E-state index contributed by atoms with van der Waals surface area (Å²) in [6.07, 6.45) is 10.5. The summed E-state index contributed by atoms with van der Waals surface area (Å²) in [7, 11) is 1.88. The number of rotatable bonds is 7. The first-order valence-corrected chi connectivity index (χ1v) is 7.07. The van der Waals surface area contributed by atoms with Gasteiger partial charge < -0.3 is 14.2 Å². The van der Waals surface area contributed by atoms with Gasteiger partial charge in [0.1, 0.15) is 0 Å². The molecular weight excluding hydrogens is 242 g/mol. The number of imidazole rings is 1. The molecule has 0 spiro atoms. The second-order valence-electron chi connectivity index (χ2n) is 5.14. The maximum absolute atomic E-state index is 11.9. The van der Waals surface area contributed by atoms with Crippen molar-refractivity contribution in [2.75, 3.05) is 20.2 Å². The Morgan fingerprint density at radius 2 is 2.47 bits per heavy atom. The van der Waals surface area contributed by atoms with Crippen molar-refractivity contribution in [1.29, 1.82) is 0 Å². The molecule has 2 rings (SSSR count). The number of nitrogens with zero attached hydrogens (tertiary/aromatic N) is 3. The van der Waals surface area contributed by atoms with Crippen LogP contribution in [-0.4, -0.2) is 46.7 Å². The van der Waals surface area contributed by atoms with Crippen molar-refractivity contribution in [3.63, 3.8) is 0 Å². The van der Waals surface area contributed by atoms with Crippen LogP contribution in [0.5, 0.6) is 0 Å².